The molecule has 0 unspecified atom stereocenters. The van der Waals surface area contributed by atoms with Crippen LogP contribution in [0.2, 0.25) is 5.02 Å². The Bertz CT molecular complexity index is 695. The van der Waals surface area contributed by atoms with Crippen LogP contribution < -0.4 is 4.90 Å². The van der Waals surface area contributed by atoms with Crippen molar-refractivity contribution < 1.29 is 9.90 Å². The van der Waals surface area contributed by atoms with Gasteiger partial charge in [-0.25, -0.2) is 4.79 Å². The van der Waals surface area contributed by atoms with Gasteiger partial charge >= 0.3 is 5.97 Å². The zero-order valence-electron chi connectivity index (χ0n) is 11.9. The molecule has 0 spiro atoms. The van der Waals surface area contributed by atoms with Gasteiger partial charge in [0.25, 0.3) is 0 Å². The molecule has 0 saturated carbocycles. The van der Waals surface area contributed by atoms with Crippen LogP contribution in [0.15, 0.2) is 48.5 Å². The molecular formula is C17H16ClNO2. The van der Waals surface area contributed by atoms with Crippen LogP contribution in [0.4, 0.5) is 11.4 Å². The predicted molar refractivity (Wildman–Crippen MR) is 87.4 cm³/mol. The maximum absolute atomic E-state index is 10.5. The van der Waals surface area contributed by atoms with E-state index in [-0.39, 0.29) is 0 Å². The second-order valence-electron chi connectivity index (χ2n) is 4.78. The van der Waals surface area contributed by atoms with Gasteiger partial charge in [-0.05, 0) is 48.4 Å². The number of hydrogen-bond acceptors (Lipinski definition) is 2. The Morgan fingerprint density at radius 3 is 2.62 bits per heavy atom. The van der Waals surface area contributed by atoms with Gasteiger partial charge in [0, 0.05) is 18.8 Å². The third-order valence-electron chi connectivity index (χ3n) is 3.14. The Morgan fingerprint density at radius 2 is 2.00 bits per heavy atom. The van der Waals surface area contributed by atoms with Crippen molar-refractivity contribution in [2.75, 3.05) is 11.9 Å². The van der Waals surface area contributed by atoms with E-state index in [1.54, 1.807) is 6.07 Å². The molecule has 108 valence electrons. The summed E-state index contributed by atoms with van der Waals surface area (Å²) >= 11 is 6.31. The topological polar surface area (TPSA) is 40.5 Å². The Kier molecular flexibility index (Phi) is 4.66. The van der Waals surface area contributed by atoms with E-state index in [9.17, 15) is 4.79 Å². The van der Waals surface area contributed by atoms with Crippen LogP contribution in [-0.2, 0) is 4.79 Å². The van der Waals surface area contributed by atoms with Gasteiger partial charge in [-0.3, -0.25) is 0 Å². The lowest BCUT2D eigenvalue weighted by molar-refractivity contribution is -0.131. The molecule has 2 aromatic carbocycles. The molecule has 0 aliphatic carbocycles. The summed E-state index contributed by atoms with van der Waals surface area (Å²) in [6.07, 6.45) is 2.61. The third kappa shape index (κ3) is 3.86. The van der Waals surface area contributed by atoms with Crippen molar-refractivity contribution in [2.45, 2.75) is 6.92 Å². The number of benzene rings is 2. The third-order valence-corrected chi connectivity index (χ3v) is 3.44. The van der Waals surface area contributed by atoms with Gasteiger partial charge in [0.05, 0.1) is 10.7 Å². The van der Waals surface area contributed by atoms with Gasteiger partial charge in [0.15, 0.2) is 0 Å². The number of nitrogens with zero attached hydrogens (tertiary/aromatic N) is 1. The predicted octanol–water partition coefficient (Wildman–Crippen LogP) is 4.51. The molecule has 0 amide bonds. The number of rotatable bonds is 4. The normalized spacial score (nSPS) is 10.8. The van der Waals surface area contributed by atoms with Crippen LogP contribution in [0.5, 0.6) is 0 Å². The number of halogens is 1. The van der Waals surface area contributed by atoms with E-state index < -0.39 is 5.97 Å². The fraction of sp³-hybridized carbons (Fsp3) is 0.118. The van der Waals surface area contributed by atoms with Crippen molar-refractivity contribution in [3.05, 3.63) is 64.7 Å². The zero-order valence-corrected chi connectivity index (χ0v) is 12.6. The maximum atomic E-state index is 10.5. The molecule has 2 aromatic rings. The standard InChI is InChI=1S/C17H16ClNO2/c1-12-4-3-5-14(10-12)19(2)16-8-6-13(11-15(16)18)7-9-17(20)21/h3-11H,1-2H3,(H,20,21)/b9-7+. The second kappa shape index (κ2) is 6.46. The summed E-state index contributed by atoms with van der Waals surface area (Å²) in [5, 5.41) is 9.21. The lowest BCUT2D eigenvalue weighted by Crippen LogP contribution is -2.10. The van der Waals surface area contributed by atoms with Crippen molar-refractivity contribution in [1.29, 1.82) is 0 Å². The molecule has 4 heteroatoms. The summed E-state index contributed by atoms with van der Waals surface area (Å²) in [7, 11) is 1.95. The minimum Gasteiger partial charge on any atom is -0.478 e. The number of aliphatic carboxylic acids is 1. The van der Waals surface area contributed by atoms with Gasteiger partial charge in [0.2, 0.25) is 0 Å². The van der Waals surface area contributed by atoms with E-state index in [0.29, 0.717) is 5.02 Å². The molecule has 1 N–H and O–H groups in total. The van der Waals surface area contributed by atoms with E-state index in [2.05, 4.69) is 6.07 Å². The highest BCUT2D eigenvalue weighted by Gasteiger charge is 2.08. The highest BCUT2D eigenvalue weighted by Crippen LogP contribution is 2.31. The molecule has 0 heterocycles. The van der Waals surface area contributed by atoms with Gasteiger partial charge < -0.3 is 10.0 Å². The summed E-state index contributed by atoms with van der Waals surface area (Å²) in [6.45, 7) is 2.04. The van der Waals surface area contributed by atoms with E-state index in [1.807, 2.05) is 49.2 Å². The first-order chi connectivity index (χ1) is 9.97. The van der Waals surface area contributed by atoms with Gasteiger partial charge in [-0.1, -0.05) is 29.8 Å². The Hall–Kier alpha value is -2.26. The largest absolute Gasteiger partial charge is 0.478 e. The molecule has 0 bridgehead atoms. The van der Waals surface area contributed by atoms with Crippen molar-refractivity contribution in [2.24, 2.45) is 0 Å². The minimum absolute atomic E-state index is 0.576. The molecule has 0 saturated heterocycles. The molecule has 3 nitrogen and oxygen atoms in total. The fourth-order valence-electron chi connectivity index (χ4n) is 2.04. The number of hydrogen-bond donors (Lipinski definition) is 1. The average Bonchev–Trinajstić information content (AvgIpc) is 2.44. The molecule has 0 aliphatic heterocycles. The lowest BCUT2D eigenvalue weighted by atomic mass is 10.1. The Balaban J connectivity index is 2.30. The molecule has 0 atom stereocenters. The van der Waals surface area contributed by atoms with E-state index in [0.717, 1.165) is 23.0 Å². The number of anilines is 2. The quantitative estimate of drug-likeness (QED) is 0.844. The Labute approximate surface area is 129 Å². The number of carboxylic acids is 1. The van der Waals surface area contributed by atoms with Crippen LogP contribution in [0.3, 0.4) is 0 Å². The SMILES string of the molecule is Cc1cccc(N(C)c2ccc(/C=C/C(=O)O)cc2Cl)c1. The van der Waals surface area contributed by atoms with Crippen molar-refractivity contribution in [1.82, 2.24) is 0 Å². The first-order valence-electron chi connectivity index (χ1n) is 6.48. The first kappa shape index (κ1) is 15.1. The van der Waals surface area contributed by atoms with Crippen LogP contribution in [-0.4, -0.2) is 18.1 Å². The molecule has 0 aliphatic rings. The molecule has 0 fully saturated rings. The molecular weight excluding hydrogens is 286 g/mol. The summed E-state index contributed by atoms with van der Waals surface area (Å²) in [4.78, 5) is 12.5. The van der Waals surface area contributed by atoms with Gasteiger partial charge in [0.1, 0.15) is 0 Å². The highest BCUT2D eigenvalue weighted by molar-refractivity contribution is 6.33. The lowest BCUT2D eigenvalue weighted by Gasteiger charge is -2.21. The molecule has 21 heavy (non-hydrogen) atoms. The molecule has 2 rings (SSSR count). The summed E-state index contributed by atoms with van der Waals surface area (Å²) in [6, 6.07) is 13.6. The van der Waals surface area contributed by atoms with Gasteiger partial charge in [-0.15, -0.1) is 0 Å². The monoisotopic (exact) mass is 301 g/mol. The second-order valence-corrected chi connectivity index (χ2v) is 5.19. The maximum Gasteiger partial charge on any atom is 0.328 e. The smallest absolute Gasteiger partial charge is 0.328 e. The average molecular weight is 302 g/mol. The molecule has 0 aromatic heterocycles. The first-order valence-corrected chi connectivity index (χ1v) is 6.86. The number of carboxylic acid groups (broad SMARTS) is 1. The molecule has 0 radical (unpaired) electrons. The summed E-state index contributed by atoms with van der Waals surface area (Å²) < 4.78 is 0. The van der Waals surface area contributed by atoms with Crippen molar-refractivity contribution in [3.63, 3.8) is 0 Å². The summed E-state index contributed by atoms with van der Waals surface area (Å²) in [5.74, 6) is -0.980. The minimum atomic E-state index is -0.980. The number of aryl methyl sites for hydroxylation is 1. The Morgan fingerprint density at radius 1 is 1.24 bits per heavy atom. The number of carbonyl (C=O) groups is 1. The van der Waals surface area contributed by atoms with Gasteiger partial charge in [-0.2, -0.15) is 0 Å². The van der Waals surface area contributed by atoms with Crippen molar-refractivity contribution >= 4 is 35.0 Å². The van der Waals surface area contributed by atoms with Crippen LogP contribution in [0.25, 0.3) is 6.08 Å². The van der Waals surface area contributed by atoms with E-state index >= 15 is 0 Å². The summed E-state index contributed by atoms with van der Waals surface area (Å²) in [5.41, 5.74) is 3.85. The van der Waals surface area contributed by atoms with Crippen LogP contribution in [0.1, 0.15) is 11.1 Å². The van der Waals surface area contributed by atoms with Crippen LogP contribution in [0, 0.1) is 6.92 Å². The zero-order chi connectivity index (χ0) is 15.4. The van der Waals surface area contributed by atoms with E-state index in [1.165, 1.54) is 11.6 Å². The van der Waals surface area contributed by atoms with Crippen LogP contribution >= 0.6 is 11.6 Å². The van der Waals surface area contributed by atoms with E-state index in [4.69, 9.17) is 16.7 Å². The fourth-order valence-corrected chi connectivity index (χ4v) is 2.36. The van der Waals surface area contributed by atoms with Crippen molar-refractivity contribution in [3.8, 4) is 0 Å². The highest BCUT2D eigenvalue weighted by atomic mass is 35.5.